The molecule has 1 amide bonds. The molecule has 0 radical (unpaired) electrons. The maximum absolute atomic E-state index is 12.2. The number of fused-ring (bicyclic) bond motifs is 1. The van der Waals surface area contributed by atoms with Crippen LogP contribution in [0.5, 0.6) is 0 Å². The first kappa shape index (κ1) is 13.6. The molecule has 10 heteroatoms. The summed E-state index contributed by atoms with van der Waals surface area (Å²) < 4.78 is 38.4. The number of benzene rings is 1. The first-order chi connectivity index (χ1) is 9.88. The molecule has 1 fully saturated rings. The zero-order valence-electron chi connectivity index (χ0n) is 10.6. The van der Waals surface area contributed by atoms with Gasteiger partial charge in [0.1, 0.15) is 6.10 Å². The molecule has 112 valence electrons. The summed E-state index contributed by atoms with van der Waals surface area (Å²) in [5, 5.41) is 2.44. The Kier molecular flexibility index (Phi) is 2.99. The number of nitrogens with zero attached hydrogens (tertiary/aromatic N) is 2. The number of imidazole rings is 1. The largest absolute Gasteiger partial charge is 0.442 e. The molecule has 0 saturated carbocycles. The first-order valence-electron chi connectivity index (χ1n) is 6.00. The fraction of sp³-hybridized carbons (Fsp3) is 0.273. The number of para-hydroxylation sites is 2. The van der Waals surface area contributed by atoms with E-state index < -0.39 is 28.2 Å². The van der Waals surface area contributed by atoms with Crippen molar-refractivity contribution in [1.82, 2.24) is 13.9 Å². The molecular weight excluding hydrogens is 302 g/mol. The molecule has 0 aliphatic carbocycles. The predicted molar refractivity (Wildman–Crippen MR) is 71.4 cm³/mol. The maximum atomic E-state index is 12.2. The second-order valence-electron chi connectivity index (χ2n) is 4.53. The Balaban J connectivity index is 2.17. The Morgan fingerprint density at radius 3 is 2.52 bits per heavy atom. The van der Waals surface area contributed by atoms with Crippen LogP contribution in [0, 0.1) is 0 Å². The van der Waals surface area contributed by atoms with Gasteiger partial charge < -0.3 is 10.1 Å². The van der Waals surface area contributed by atoms with E-state index in [-0.39, 0.29) is 18.6 Å². The lowest BCUT2D eigenvalue weighted by atomic mass is 10.3. The number of hydrogen-bond donors (Lipinski definition) is 2. The molecule has 1 aromatic carbocycles. The highest BCUT2D eigenvalue weighted by atomic mass is 32.2. The number of rotatable bonds is 3. The lowest BCUT2D eigenvalue weighted by Gasteiger charge is -2.08. The Morgan fingerprint density at radius 2 is 1.95 bits per heavy atom. The number of cyclic esters (lactones) is 1. The zero-order chi connectivity index (χ0) is 15.2. The van der Waals surface area contributed by atoms with Gasteiger partial charge in [-0.15, -0.1) is 0 Å². The van der Waals surface area contributed by atoms with Crippen molar-refractivity contribution in [2.75, 3.05) is 6.54 Å². The van der Waals surface area contributed by atoms with Crippen LogP contribution in [0.4, 0.5) is 4.79 Å². The standard InChI is InChI=1S/C11H11N3O6S/c15-10-12-5-7(20-10)6-13-8-3-1-2-4-9(8)14(11(13)16)21(17,18)19/h1-4,7H,5-6H2,(H,12,15)(H,17,18,19). The van der Waals surface area contributed by atoms with Crippen molar-refractivity contribution in [1.29, 1.82) is 0 Å². The summed E-state index contributed by atoms with van der Waals surface area (Å²) in [6.45, 7) is 0.206. The van der Waals surface area contributed by atoms with E-state index in [9.17, 15) is 22.6 Å². The van der Waals surface area contributed by atoms with Crippen LogP contribution in [0.25, 0.3) is 11.0 Å². The molecule has 2 N–H and O–H groups in total. The molecule has 0 bridgehead atoms. The van der Waals surface area contributed by atoms with Gasteiger partial charge in [0, 0.05) is 0 Å². The summed E-state index contributed by atoms with van der Waals surface area (Å²) in [4.78, 5) is 23.2. The van der Waals surface area contributed by atoms with Gasteiger partial charge in [-0.05, 0) is 12.1 Å². The second-order valence-corrected chi connectivity index (χ2v) is 5.79. The van der Waals surface area contributed by atoms with E-state index in [0.29, 0.717) is 9.49 Å². The summed E-state index contributed by atoms with van der Waals surface area (Å²) >= 11 is 0. The van der Waals surface area contributed by atoms with Gasteiger partial charge in [-0.25, -0.2) is 9.59 Å². The van der Waals surface area contributed by atoms with Crippen molar-refractivity contribution in [3.63, 3.8) is 0 Å². The van der Waals surface area contributed by atoms with Crippen molar-refractivity contribution in [2.45, 2.75) is 12.6 Å². The van der Waals surface area contributed by atoms with Crippen molar-refractivity contribution in [2.24, 2.45) is 0 Å². The van der Waals surface area contributed by atoms with Crippen LogP contribution >= 0.6 is 0 Å². The average molecular weight is 313 g/mol. The van der Waals surface area contributed by atoms with E-state index in [4.69, 9.17) is 4.74 Å². The summed E-state index contributed by atoms with van der Waals surface area (Å²) in [5.41, 5.74) is -0.535. The summed E-state index contributed by atoms with van der Waals surface area (Å²) in [6.07, 6.45) is -1.18. The zero-order valence-corrected chi connectivity index (χ0v) is 11.4. The molecule has 1 saturated heterocycles. The number of carbonyl (C=O) groups excluding carboxylic acids is 1. The van der Waals surface area contributed by atoms with Crippen LogP contribution in [0.2, 0.25) is 0 Å². The van der Waals surface area contributed by atoms with Gasteiger partial charge in [0.05, 0.1) is 24.1 Å². The highest BCUT2D eigenvalue weighted by Crippen LogP contribution is 2.15. The topological polar surface area (TPSA) is 120 Å². The van der Waals surface area contributed by atoms with Gasteiger partial charge >= 0.3 is 22.1 Å². The van der Waals surface area contributed by atoms with E-state index >= 15 is 0 Å². The average Bonchev–Trinajstić information content (AvgIpc) is 2.92. The Bertz CT molecular complexity index is 881. The van der Waals surface area contributed by atoms with Crippen LogP contribution in [0.15, 0.2) is 29.1 Å². The van der Waals surface area contributed by atoms with E-state index in [1.807, 2.05) is 0 Å². The molecule has 1 aliphatic heterocycles. The SMILES string of the molecule is O=C1NCC(Cn2c(=O)n(S(=O)(=O)O)c3ccccc32)O1. The molecule has 1 aromatic heterocycles. The van der Waals surface area contributed by atoms with Crippen LogP contribution < -0.4 is 11.0 Å². The summed E-state index contributed by atoms with van der Waals surface area (Å²) in [6, 6.07) is 6.12. The molecular formula is C11H11N3O6S. The molecule has 1 unspecified atom stereocenters. The number of nitrogens with one attached hydrogen (secondary N) is 1. The van der Waals surface area contributed by atoms with E-state index in [1.54, 1.807) is 18.2 Å². The smallest absolute Gasteiger partial charge is 0.407 e. The second kappa shape index (κ2) is 4.60. The minimum atomic E-state index is -4.72. The maximum Gasteiger partial charge on any atom is 0.407 e. The minimum absolute atomic E-state index is 0.0133. The fourth-order valence-corrected chi connectivity index (χ4v) is 3.02. The number of amides is 1. The third kappa shape index (κ3) is 2.28. The van der Waals surface area contributed by atoms with Gasteiger partial charge in [-0.3, -0.25) is 9.12 Å². The van der Waals surface area contributed by atoms with Crippen LogP contribution in [0.1, 0.15) is 0 Å². The van der Waals surface area contributed by atoms with Gasteiger partial charge in [-0.2, -0.15) is 12.4 Å². The quantitative estimate of drug-likeness (QED) is 0.741. The number of hydrogen-bond acceptors (Lipinski definition) is 5. The lowest BCUT2D eigenvalue weighted by molar-refractivity contribution is 0.131. The molecule has 1 atom stereocenters. The number of ether oxygens (including phenoxy) is 1. The molecule has 21 heavy (non-hydrogen) atoms. The minimum Gasteiger partial charge on any atom is -0.442 e. The molecule has 2 heterocycles. The van der Waals surface area contributed by atoms with Crippen molar-refractivity contribution in [3.05, 3.63) is 34.7 Å². The van der Waals surface area contributed by atoms with Gasteiger partial charge in [0.25, 0.3) is 0 Å². The summed E-state index contributed by atoms with van der Waals surface area (Å²) in [5.74, 6) is 0. The van der Waals surface area contributed by atoms with E-state index in [2.05, 4.69) is 5.32 Å². The lowest BCUT2D eigenvalue weighted by Crippen LogP contribution is -2.32. The third-order valence-electron chi connectivity index (χ3n) is 3.16. The first-order valence-corrected chi connectivity index (χ1v) is 7.40. The van der Waals surface area contributed by atoms with Gasteiger partial charge in [0.15, 0.2) is 0 Å². The molecule has 9 nitrogen and oxygen atoms in total. The van der Waals surface area contributed by atoms with Gasteiger partial charge in [-0.1, -0.05) is 12.1 Å². The third-order valence-corrected chi connectivity index (χ3v) is 3.97. The Labute approximate surface area is 118 Å². The van der Waals surface area contributed by atoms with Crippen molar-refractivity contribution in [3.8, 4) is 0 Å². The molecule has 0 spiro atoms. The van der Waals surface area contributed by atoms with Crippen LogP contribution in [-0.4, -0.2) is 40.3 Å². The van der Waals surface area contributed by atoms with E-state index in [1.165, 1.54) is 6.07 Å². The normalized spacial score (nSPS) is 18.7. The molecule has 3 rings (SSSR count). The highest BCUT2D eigenvalue weighted by Gasteiger charge is 2.27. The van der Waals surface area contributed by atoms with Crippen molar-refractivity contribution < 1.29 is 22.5 Å². The van der Waals surface area contributed by atoms with E-state index in [0.717, 1.165) is 4.57 Å². The fourth-order valence-electron chi connectivity index (χ4n) is 2.32. The summed E-state index contributed by atoms with van der Waals surface area (Å²) in [7, 11) is -4.72. The van der Waals surface area contributed by atoms with Gasteiger partial charge in [0.2, 0.25) is 0 Å². The Morgan fingerprint density at radius 1 is 1.29 bits per heavy atom. The predicted octanol–water partition coefficient (Wildman–Crippen LogP) is -0.438. The van der Waals surface area contributed by atoms with Crippen LogP contribution in [0.3, 0.4) is 0 Å². The van der Waals surface area contributed by atoms with Crippen LogP contribution in [-0.2, 0) is 21.6 Å². The van der Waals surface area contributed by atoms with Crippen molar-refractivity contribution >= 4 is 27.4 Å². The number of carbonyl (C=O) groups is 1. The number of alkyl carbamates (subject to hydrolysis) is 1. The molecule has 2 aromatic rings. The molecule has 1 aliphatic rings. The monoisotopic (exact) mass is 313 g/mol. The highest BCUT2D eigenvalue weighted by molar-refractivity contribution is 7.84. The number of aromatic nitrogens is 2. The Hall–Kier alpha value is -2.33.